The van der Waals surface area contributed by atoms with Crippen molar-refractivity contribution in [1.82, 2.24) is 4.90 Å². The van der Waals surface area contributed by atoms with Crippen molar-refractivity contribution in [1.29, 1.82) is 0 Å². The fourth-order valence-corrected chi connectivity index (χ4v) is 3.75. The van der Waals surface area contributed by atoms with Gasteiger partial charge in [0.05, 0.1) is 30.9 Å². The van der Waals surface area contributed by atoms with Crippen molar-refractivity contribution in [2.24, 2.45) is 0 Å². The first kappa shape index (κ1) is 24.4. The fraction of sp³-hybridized carbons (Fsp3) is 0.350. The van der Waals surface area contributed by atoms with Crippen LogP contribution in [0.4, 0.5) is 23.9 Å². The summed E-state index contributed by atoms with van der Waals surface area (Å²) < 4.78 is 44.9. The summed E-state index contributed by atoms with van der Waals surface area (Å²) in [4.78, 5) is 38.8. The third-order valence-corrected chi connectivity index (χ3v) is 5.38. The van der Waals surface area contributed by atoms with Gasteiger partial charge in [-0.2, -0.15) is 0 Å². The molecule has 31 heavy (non-hydrogen) atoms. The summed E-state index contributed by atoms with van der Waals surface area (Å²) >= 11 is 1.23. The molecule has 2 aromatic rings. The summed E-state index contributed by atoms with van der Waals surface area (Å²) in [6.07, 6.45) is 0. The van der Waals surface area contributed by atoms with Crippen LogP contribution in [0.25, 0.3) is 0 Å². The smallest absolute Gasteiger partial charge is 0.341 e. The number of anilines is 2. The number of likely N-dealkylation sites (N-methyl/N-ethyl adjacent to an activating group) is 1. The molecule has 2 rings (SSSR count). The highest BCUT2D eigenvalue weighted by Gasteiger charge is 2.23. The lowest BCUT2D eigenvalue weighted by Gasteiger charge is -2.16. The largest absolute Gasteiger partial charge is 0.462 e. The van der Waals surface area contributed by atoms with Gasteiger partial charge in [0.2, 0.25) is 11.8 Å². The summed E-state index contributed by atoms with van der Waals surface area (Å²) in [7, 11) is 1.47. The average molecular weight is 457 g/mol. The molecule has 0 radical (unpaired) electrons. The molecule has 0 aliphatic heterocycles. The summed E-state index contributed by atoms with van der Waals surface area (Å²) in [5.74, 6) is -6.32. The van der Waals surface area contributed by atoms with Gasteiger partial charge < -0.3 is 15.4 Å². The summed E-state index contributed by atoms with van der Waals surface area (Å²) in [6.45, 7) is 4.90. The van der Waals surface area contributed by atoms with Crippen LogP contribution in [0.1, 0.15) is 27.7 Å². The molecular weight excluding hydrogens is 435 g/mol. The number of carbonyl (C=O) groups is 3. The minimum atomic E-state index is -1.69. The second-order valence-corrected chi connectivity index (χ2v) is 7.92. The minimum absolute atomic E-state index is 0.191. The zero-order valence-electron chi connectivity index (χ0n) is 17.4. The molecule has 2 N–H and O–H groups in total. The van der Waals surface area contributed by atoms with Gasteiger partial charge in [-0.3, -0.25) is 14.5 Å². The van der Waals surface area contributed by atoms with E-state index in [1.54, 1.807) is 13.8 Å². The molecule has 0 atom stereocenters. The molecule has 1 aromatic carbocycles. The van der Waals surface area contributed by atoms with Crippen LogP contribution in [-0.2, 0) is 14.3 Å². The van der Waals surface area contributed by atoms with Crippen LogP contribution in [0.15, 0.2) is 12.1 Å². The Bertz CT molecular complexity index is 1010. The van der Waals surface area contributed by atoms with Crippen LogP contribution < -0.4 is 10.6 Å². The third-order valence-electron chi connectivity index (χ3n) is 4.25. The lowest BCUT2D eigenvalue weighted by molar-refractivity contribution is -0.119. The first-order chi connectivity index (χ1) is 14.5. The molecule has 0 unspecified atom stereocenters. The van der Waals surface area contributed by atoms with Crippen molar-refractivity contribution in [2.75, 3.05) is 37.4 Å². The predicted octanol–water partition coefficient (Wildman–Crippen LogP) is 3.47. The molecule has 11 heteroatoms. The minimum Gasteiger partial charge on any atom is -0.462 e. The fourth-order valence-electron chi connectivity index (χ4n) is 2.69. The highest BCUT2D eigenvalue weighted by Crippen LogP contribution is 2.33. The first-order valence-corrected chi connectivity index (χ1v) is 10.1. The standard InChI is InChI=1S/C20H22F3N3O4S/c1-5-30-20(29)16-10(2)11(3)31-19(16)25-15(28)9-26(4)8-14(27)24-13-7-6-12(21)17(22)18(13)23/h6-7H,5,8-9H2,1-4H3,(H,24,27)(H,25,28). The Kier molecular flexibility index (Phi) is 8.17. The molecule has 0 spiro atoms. The van der Waals surface area contributed by atoms with Gasteiger partial charge in [-0.25, -0.2) is 18.0 Å². The molecule has 1 aromatic heterocycles. The Morgan fingerprint density at radius 3 is 2.26 bits per heavy atom. The number of halogens is 3. The van der Waals surface area contributed by atoms with Gasteiger partial charge in [-0.1, -0.05) is 0 Å². The maximum Gasteiger partial charge on any atom is 0.341 e. The molecule has 1 heterocycles. The quantitative estimate of drug-likeness (QED) is 0.468. The summed E-state index contributed by atoms with van der Waals surface area (Å²) in [5, 5.41) is 5.12. The molecule has 168 valence electrons. The zero-order valence-corrected chi connectivity index (χ0v) is 18.2. The number of nitrogens with one attached hydrogen (secondary N) is 2. The zero-order chi connectivity index (χ0) is 23.3. The Labute approximate surface area is 181 Å². The second-order valence-electron chi connectivity index (χ2n) is 6.70. The van der Waals surface area contributed by atoms with Crippen molar-refractivity contribution in [3.05, 3.63) is 45.6 Å². The van der Waals surface area contributed by atoms with Crippen LogP contribution in [0, 0.1) is 31.3 Å². The molecule has 0 fully saturated rings. The van der Waals surface area contributed by atoms with E-state index < -0.39 is 40.9 Å². The summed E-state index contributed by atoms with van der Waals surface area (Å²) in [5.41, 5.74) is 0.484. The highest BCUT2D eigenvalue weighted by atomic mass is 32.1. The molecule has 0 aliphatic rings. The number of hydrogen-bond donors (Lipinski definition) is 2. The molecule has 2 amide bonds. The van der Waals surface area contributed by atoms with Gasteiger partial charge >= 0.3 is 5.97 Å². The molecule has 0 bridgehead atoms. The number of aryl methyl sites for hydroxylation is 1. The number of esters is 1. The van der Waals surface area contributed by atoms with E-state index in [1.807, 2.05) is 6.92 Å². The number of rotatable bonds is 8. The van der Waals surface area contributed by atoms with Gasteiger partial charge in [0.25, 0.3) is 0 Å². The monoisotopic (exact) mass is 457 g/mol. The number of thiophene rings is 1. The van der Waals surface area contributed by atoms with Crippen LogP contribution >= 0.6 is 11.3 Å². The topological polar surface area (TPSA) is 87.7 Å². The van der Waals surface area contributed by atoms with E-state index in [1.165, 1.54) is 23.3 Å². The number of benzene rings is 1. The van der Waals surface area contributed by atoms with Crippen LogP contribution in [-0.4, -0.2) is 49.4 Å². The van der Waals surface area contributed by atoms with Crippen LogP contribution in [0.5, 0.6) is 0 Å². The average Bonchev–Trinajstić information content (AvgIpc) is 2.95. The molecule has 0 aliphatic carbocycles. The van der Waals surface area contributed by atoms with Gasteiger partial charge in [-0.05, 0) is 45.5 Å². The van der Waals surface area contributed by atoms with Crippen LogP contribution in [0.3, 0.4) is 0 Å². The second kappa shape index (κ2) is 10.4. The van der Waals surface area contributed by atoms with E-state index in [0.29, 0.717) is 16.6 Å². The first-order valence-electron chi connectivity index (χ1n) is 9.23. The number of carbonyl (C=O) groups excluding carboxylic acids is 3. The molecular formula is C20H22F3N3O4S. The SMILES string of the molecule is CCOC(=O)c1c(NC(=O)CN(C)CC(=O)Nc2ccc(F)c(F)c2F)sc(C)c1C. The Balaban J connectivity index is 1.98. The molecule has 7 nitrogen and oxygen atoms in total. The van der Waals surface area contributed by atoms with E-state index in [4.69, 9.17) is 4.74 Å². The van der Waals surface area contributed by atoms with E-state index in [2.05, 4.69) is 10.6 Å². The van der Waals surface area contributed by atoms with Crippen molar-refractivity contribution >= 4 is 39.8 Å². The van der Waals surface area contributed by atoms with E-state index in [0.717, 1.165) is 10.9 Å². The molecule has 0 saturated heterocycles. The van der Waals surface area contributed by atoms with Gasteiger partial charge in [0, 0.05) is 4.88 Å². The summed E-state index contributed by atoms with van der Waals surface area (Å²) in [6, 6.07) is 1.59. The van der Waals surface area contributed by atoms with Gasteiger partial charge in [0.15, 0.2) is 17.5 Å². The Hall–Kier alpha value is -2.92. The highest BCUT2D eigenvalue weighted by molar-refractivity contribution is 7.16. The predicted molar refractivity (Wildman–Crippen MR) is 111 cm³/mol. The van der Waals surface area contributed by atoms with Crippen molar-refractivity contribution in [3.63, 3.8) is 0 Å². The number of nitrogens with zero attached hydrogens (tertiary/aromatic N) is 1. The maximum atomic E-state index is 13.7. The molecule has 0 saturated carbocycles. The van der Waals surface area contributed by atoms with Gasteiger partial charge in [0.1, 0.15) is 5.00 Å². The lowest BCUT2D eigenvalue weighted by Crippen LogP contribution is -2.36. The van der Waals surface area contributed by atoms with Crippen molar-refractivity contribution in [3.8, 4) is 0 Å². The Morgan fingerprint density at radius 1 is 1.03 bits per heavy atom. The Morgan fingerprint density at radius 2 is 1.65 bits per heavy atom. The van der Waals surface area contributed by atoms with Crippen LogP contribution in [0.2, 0.25) is 0 Å². The van der Waals surface area contributed by atoms with Gasteiger partial charge in [-0.15, -0.1) is 11.3 Å². The lowest BCUT2D eigenvalue weighted by atomic mass is 10.1. The van der Waals surface area contributed by atoms with Crippen molar-refractivity contribution < 1.29 is 32.3 Å². The number of amides is 2. The third kappa shape index (κ3) is 6.05. The van der Waals surface area contributed by atoms with E-state index in [-0.39, 0.29) is 25.3 Å². The van der Waals surface area contributed by atoms with Crippen molar-refractivity contribution in [2.45, 2.75) is 20.8 Å². The van der Waals surface area contributed by atoms with E-state index >= 15 is 0 Å². The number of ether oxygens (including phenoxy) is 1. The normalized spacial score (nSPS) is 10.8. The number of hydrogen-bond acceptors (Lipinski definition) is 6. The van der Waals surface area contributed by atoms with E-state index in [9.17, 15) is 27.6 Å². The maximum absolute atomic E-state index is 13.7.